The largest absolute Gasteiger partial charge is 0.381 e. The summed E-state index contributed by atoms with van der Waals surface area (Å²) in [6.07, 6.45) is 7.68. The number of ether oxygens (including phenoxy) is 1. The van der Waals surface area contributed by atoms with E-state index in [4.69, 9.17) is 4.74 Å². The van der Waals surface area contributed by atoms with Crippen molar-refractivity contribution < 1.29 is 4.74 Å². The van der Waals surface area contributed by atoms with Crippen LogP contribution in [0.5, 0.6) is 0 Å². The number of halogens is 1. The third kappa shape index (κ3) is 8.86. The molecule has 0 amide bonds. The van der Waals surface area contributed by atoms with E-state index in [9.17, 15) is 0 Å². The first-order valence-electron chi connectivity index (χ1n) is 8.88. The van der Waals surface area contributed by atoms with Crippen LogP contribution in [0.1, 0.15) is 43.9 Å². The monoisotopic (exact) mass is 449 g/mol. The van der Waals surface area contributed by atoms with Gasteiger partial charge in [-0.3, -0.25) is 10.1 Å². The van der Waals surface area contributed by atoms with Gasteiger partial charge in [-0.2, -0.15) is 5.10 Å². The molecule has 0 bridgehead atoms. The second-order valence-corrected chi connectivity index (χ2v) is 6.18. The number of aromatic nitrogens is 2. The SMILES string of the molecule is CCNC(=NCCCc1cn[nH]c1C)NCCCOCC1CC1.I. The zero-order chi connectivity index (χ0) is 16.3. The molecule has 1 aromatic rings. The number of nitrogens with zero attached hydrogens (tertiary/aromatic N) is 2. The quantitative estimate of drug-likeness (QED) is 0.210. The maximum atomic E-state index is 5.64. The molecule has 0 saturated heterocycles. The molecular weight excluding hydrogens is 417 g/mol. The predicted octanol–water partition coefficient (Wildman–Crippen LogP) is 2.64. The third-order valence-corrected chi connectivity index (χ3v) is 3.96. The fourth-order valence-electron chi connectivity index (χ4n) is 2.35. The maximum absolute atomic E-state index is 5.64. The standard InChI is InChI=1S/C17H31N5O.HI/c1-3-18-17(20-10-5-11-23-13-15-7-8-15)19-9-4-6-16-12-21-22-14(16)2;/h12,15H,3-11,13H2,1-2H3,(H,21,22)(H2,18,19,20);1H. The second kappa shape index (κ2) is 12.5. The van der Waals surface area contributed by atoms with Crippen LogP contribution in [0.25, 0.3) is 0 Å². The maximum Gasteiger partial charge on any atom is 0.191 e. The van der Waals surface area contributed by atoms with E-state index >= 15 is 0 Å². The lowest BCUT2D eigenvalue weighted by molar-refractivity contribution is 0.123. The van der Waals surface area contributed by atoms with E-state index in [-0.39, 0.29) is 24.0 Å². The first kappa shape index (κ1) is 21.2. The third-order valence-electron chi connectivity index (χ3n) is 3.96. The lowest BCUT2D eigenvalue weighted by Gasteiger charge is -2.11. The average molecular weight is 449 g/mol. The number of nitrogens with one attached hydrogen (secondary N) is 3. The van der Waals surface area contributed by atoms with Crippen LogP contribution in [0.3, 0.4) is 0 Å². The van der Waals surface area contributed by atoms with Gasteiger partial charge in [-0.1, -0.05) is 0 Å². The number of hydrogen-bond donors (Lipinski definition) is 3. The number of H-pyrrole nitrogens is 1. The van der Waals surface area contributed by atoms with Crippen molar-refractivity contribution in [3.05, 3.63) is 17.5 Å². The molecule has 3 N–H and O–H groups in total. The van der Waals surface area contributed by atoms with Crippen molar-refractivity contribution in [2.75, 3.05) is 32.8 Å². The van der Waals surface area contributed by atoms with E-state index < -0.39 is 0 Å². The molecule has 24 heavy (non-hydrogen) atoms. The molecule has 138 valence electrons. The van der Waals surface area contributed by atoms with Crippen LogP contribution >= 0.6 is 24.0 Å². The van der Waals surface area contributed by atoms with E-state index in [1.165, 1.54) is 18.4 Å². The van der Waals surface area contributed by atoms with E-state index in [0.29, 0.717) is 0 Å². The van der Waals surface area contributed by atoms with E-state index in [1.54, 1.807) is 0 Å². The Kier molecular flexibility index (Phi) is 11.1. The van der Waals surface area contributed by atoms with Crippen molar-refractivity contribution in [3.63, 3.8) is 0 Å². The number of rotatable bonds is 11. The minimum atomic E-state index is 0. The first-order chi connectivity index (χ1) is 11.3. The van der Waals surface area contributed by atoms with Crippen molar-refractivity contribution in [2.24, 2.45) is 10.9 Å². The summed E-state index contributed by atoms with van der Waals surface area (Å²) in [6.45, 7) is 8.53. The highest BCUT2D eigenvalue weighted by atomic mass is 127. The Bertz CT molecular complexity index is 473. The summed E-state index contributed by atoms with van der Waals surface area (Å²) in [5.74, 6) is 1.75. The molecule has 6 nitrogen and oxygen atoms in total. The van der Waals surface area contributed by atoms with Crippen LogP contribution in [0.2, 0.25) is 0 Å². The summed E-state index contributed by atoms with van der Waals surface area (Å²) in [5.41, 5.74) is 2.44. The Labute approximate surface area is 162 Å². The lowest BCUT2D eigenvalue weighted by atomic mass is 10.1. The molecule has 0 radical (unpaired) electrons. The van der Waals surface area contributed by atoms with Crippen LogP contribution in [-0.4, -0.2) is 49.0 Å². The van der Waals surface area contributed by atoms with E-state index in [0.717, 1.165) is 69.7 Å². The fourth-order valence-corrected chi connectivity index (χ4v) is 2.35. The molecule has 1 saturated carbocycles. The summed E-state index contributed by atoms with van der Waals surface area (Å²) < 4.78 is 5.64. The highest BCUT2D eigenvalue weighted by Gasteiger charge is 2.20. The Hall–Kier alpha value is -0.830. The summed E-state index contributed by atoms with van der Waals surface area (Å²) in [4.78, 5) is 4.62. The number of aryl methyl sites for hydroxylation is 2. The summed E-state index contributed by atoms with van der Waals surface area (Å²) in [6, 6.07) is 0. The Morgan fingerprint density at radius 2 is 2.21 bits per heavy atom. The molecule has 1 aliphatic carbocycles. The van der Waals surface area contributed by atoms with Gasteiger partial charge in [0.15, 0.2) is 5.96 Å². The Morgan fingerprint density at radius 1 is 1.38 bits per heavy atom. The second-order valence-electron chi connectivity index (χ2n) is 6.18. The minimum Gasteiger partial charge on any atom is -0.381 e. The number of guanidine groups is 1. The highest BCUT2D eigenvalue weighted by Crippen LogP contribution is 2.28. The van der Waals surface area contributed by atoms with Gasteiger partial charge < -0.3 is 15.4 Å². The smallest absolute Gasteiger partial charge is 0.191 e. The molecule has 0 aliphatic heterocycles. The van der Waals surface area contributed by atoms with Gasteiger partial charge in [0.05, 0.1) is 6.20 Å². The lowest BCUT2D eigenvalue weighted by Crippen LogP contribution is -2.38. The topological polar surface area (TPSA) is 74.3 Å². The minimum absolute atomic E-state index is 0. The van der Waals surface area contributed by atoms with Gasteiger partial charge in [-0.05, 0) is 57.4 Å². The molecule has 1 aromatic heterocycles. The summed E-state index contributed by atoms with van der Waals surface area (Å²) >= 11 is 0. The van der Waals surface area contributed by atoms with E-state index in [2.05, 4.69) is 39.7 Å². The van der Waals surface area contributed by atoms with Gasteiger partial charge in [0.2, 0.25) is 0 Å². The van der Waals surface area contributed by atoms with Crippen molar-refractivity contribution in [3.8, 4) is 0 Å². The van der Waals surface area contributed by atoms with Gasteiger partial charge >= 0.3 is 0 Å². The van der Waals surface area contributed by atoms with Crippen LogP contribution in [0, 0.1) is 12.8 Å². The normalized spacial score (nSPS) is 14.3. The Morgan fingerprint density at radius 3 is 2.88 bits per heavy atom. The van der Waals surface area contributed by atoms with Crippen molar-refractivity contribution >= 4 is 29.9 Å². The molecule has 0 atom stereocenters. The highest BCUT2D eigenvalue weighted by molar-refractivity contribution is 14.0. The molecule has 0 aromatic carbocycles. The van der Waals surface area contributed by atoms with Crippen molar-refractivity contribution in [1.29, 1.82) is 0 Å². The van der Waals surface area contributed by atoms with Gasteiger partial charge in [-0.15, -0.1) is 24.0 Å². The van der Waals surface area contributed by atoms with Gasteiger partial charge in [0.25, 0.3) is 0 Å². The zero-order valence-corrected chi connectivity index (χ0v) is 17.3. The molecule has 2 rings (SSSR count). The van der Waals surface area contributed by atoms with Crippen molar-refractivity contribution in [1.82, 2.24) is 20.8 Å². The van der Waals surface area contributed by atoms with Crippen LogP contribution in [0.4, 0.5) is 0 Å². The van der Waals surface area contributed by atoms with E-state index in [1.807, 2.05) is 6.20 Å². The fraction of sp³-hybridized carbons (Fsp3) is 0.765. The zero-order valence-electron chi connectivity index (χ0n) is 14.9. The van der Waals surface area contributed by atoms with Gasteiger partial charge in [-0.25, -0.2) is 0 Å². The Balaban J connectivity index is 0.00000288. The van der Waals surface area contributed by atoms with Crippen LogP contribution in [-0.2, 0) is 11.2 Å². The molecule has 0 unspecified atom stereocenters. The molecule has 1 heterocycles. The van der Waals surface area contributed by atoms with Crippen LogP contribution in [0.15, 0.2) is 11.2 Å². The summed E-state index contributed by atoms with van der Waals surface area (Å²) in [5, 5.41) is 13.7. The van der Waals surface area contributed by atoms with Gasteiger partial charge in [0, 0.05) is 38.5 Å². The molecule has 1 fully saturated rings. The number of aromatic amines is 1. The number of hydrogen-bond acceptors (Lipinski definition) is 3. The predicted molar refractivity (Wildman–Crippen MR) is 109 cm³/mol. The number of aliphatic imine (C=N–C) groups is 1. The van der Waals surface area contributed by atoms with Crippen LogP contribution < -0.4 is 10.6 Å². The first-order valence-corrected chi connectivity index (χ1v) is 8.88. The molecular formula is C17H32IN5O. The molecule has 0 spiro atoms. The summed E-state index contributed by atoms with van der Waals surface area (Å²) in [7, 11) is 0. The van der Waals surface area contributed by atoms with Crippen molar-refractivity contribution in [2.45, 2.75) is 46.0 Å². The molecule has 1 aliphatic rings. The van der Waals surface area contributed by atoms with Gasteiger partial charge in [0.1, 0.15) is 0 Å². The molecule has 7 heteroatoms. The average Bonchev–Trinajstić information content (AvgIpc) is 3.28.